The highest BCUT2D eigenvalue weighted by molar-refractivity contribution is 6.01. The van der Waals surface area contributed by atoms with Crippen molar-refractivity contribution in [2.75, 3.05) is 38.2 Å². The highest BCUT2D eigenvalue weighted by Crippen LogP contribution is 2.19. The number of ketones is 1. The topological polar surface area (TPSA) is 250 Å². The van der Waals surface area contributed by atoms with E-state index in [0.29, 0.717) is 5.56 Å². The van der Waals surface area contributed by atoms with Gasteiger partial charge in [-0.1, -0.05) is 40.7 Å². The molecule has 0 bridgehead atoms. The van der Waals surface area contributed by atoms with Gasteiger partial charge in [0.2, 0.25) is 17.7 Å². The molecule has 6 amide bonds. The second kappa shape index (κ2) is 22.9. The minimum absolute atomic E-state index is 0.0378. The molecule has 0 aromatic heterocycles. The van der Waals surface area contributed by atoms with Crippen LogP contribution in [-0.4, -0.2) is 86.3 Å². The van der Waals surface area contributed by atoms with Crippen molar-refractivity contribution in [2.24, 2.45) is 23.3 Å². The number of hydrogen-bond acceptors (Lipinski definition) is 10. The Kier molecular flexibility index (Phi) is 19.8. The van der Waals surface area contributed by atoms with Crippen LogP contribution in [0.15, 0.2) is 18.2 Å². The third-order valence-electron chi connectivity index (χ3n) is 7.21. The molecule has 0 fully saturated rings. The fourth-order valence-corrected chi connectivity index (χ4v) is 4.32. The molecule has 1 rings (SSSR count). The Bertz CT molecular complexity index is 1290. The van der Waals surface area contributed by atoms with E-state index in [4.69, 9.17) is 20.9 Å². The van der Waals surface area contributed by atoms with Crippen LogP contribution in [0.1, 0.15) is 82.6 Å². The Hall–Kier alpha value is -4.57. The normalized spacial score (nSPS) is 12.1. The second-order valence-corrected chi connectivity index (χ2v) is 11.9. The molecule has 0 aliphatic heterocycles. The number of esters is 1. The molecule has 0 spiro atoms. The number of primary amides is 1. The second-order valence-electron chi connectivity index (χ2n) is 11.9. The van der Waals surface area contributed by atoms with Crippen molar-refractivity contribution < 1.29 is 43.0 Å². The molecule has 0 unspecified atom stereocenters. The summed E-state index contributed by atoms with van der Waals surface area (Å²) in [5, 5.41) is 13.2. The van der Waals surface area contributed by atoms with E-state index in [2.05, 4.69) is 26.6 Å². The van der Waals surface area contributed by atoms with Gasteiger partial charge in [-0.25, -0.2) is 4.79 Å². The number of urea groups is 1. The van der Waals surface area contributed by atoms with Crippen LogP contribution in [-0.2, 0) is 40.1 Å². The van der Waals surface area contributed by atoms with Gasteiger partial charge >= 0.3 is 12.0 Å². The van der Waals surface area contributed by atoms with Crippen LogP contribution in [0.3, 0.4) is 0 Å². The van der Waals surface area contributed by atoms with Crippen LogP contribution in [0.5, 0.6) is 0 Å². The summed E-state index contributed by atoms with van der Waals surface area (Å²) in [6, 6.07) is 1.64. The van der Waals surface area contributed by atoms with Crippen molar-refractivity contribution in [3.63, 3.8) is 0 Å². The average molecular weight is 692 g/mol. The van der Waals surface area contributed by atoms with Gasteiger partial charge in [0.05, 0.1) is 13.2 Å². The Morgan fingerprint density at radius 3 is 2.18 bits per heavy atom. The zero-order valence-corrected chi connectivity index (χ0v) is 29.1. The number of ether oxygens (including phenoxy) is 2. The van der Waals surface area contributed by atoms with Crippen LogP contribution in [0.4, 0.5) is 10.5 Å². The van der Waals surface area contributed by atoms with Crippen molar-refractivity contribution in [3.8, 4) is 0 Å². The molecule has 0 saturated carbocycles. The number of amides is 6. The maximum Gasteiger partial charge on any atom is 0.312 e. The number of rotatable bonds is 23. The molecule has 0 saturated heterocycles. The van der Waals surface area contributed by atoms with E-state index < -0.39 is 47.7 Å². The van der Waals surface area contributed by atoms with Crippen molar-refractivity contribution >= 4 is 47.1 Å². The summed E-state index contributed by atoms with van der Waals surface area (Å²) in [5.74, 6) is -3.00. The average Bonchev–Trinajstić information content (AvgIpc) is 3.05. The third-order valence-corrected chi connectivity index (χ3v) is 7.21. The molecular weight excluding hydrogens is 638 g/mol. The molecular formula is C33H53N7O9. The van der Waals surface area contributed by atoms with Crippen molar-refractivity contribution in [1.82, 2.24) is 21.3 Å². The number of benzene rings is 1. The summed E-state index contributed by atoms with van der Waals surface area (Å²) in [4.78, 5) is 87.1. The first-order valence-corrected chi connectivity index (χ1v) is 16.5. The van der Waals surface area contributed by atoms with E-state index in [1.807, 2.05) is 0 Å². The zero-order valence-electron chi connectivity index (χ0n) is 29.1. The number of hydrogen-bond donors (Lipinski definition) is 7. The lowest BCUT2D eigenvalue weighted by molar-refractivity contribution is -0.144. The lowest BCUT2D eigenvalue weighted by Crippen LogP contribution is -2.54. The molecule has 1 aromatic carbocycles. The molecule has 16 nitrogen and oxygen atoms in total. The van der Waals surface area contributed by atoms with Gasteiger partial charge in [-0.3, -0.25) is 28.8 Å². The predicted molar refractivity (Wildman–Crippen MR) is 182 cm³/mol. The standard InChI is InChI=1S/C33H53N7O9/c1-6-28(43)49-19-22-9-10-23(18-24(22)30(44)36-15-13-34)38-31(45)25(8-7-14-37-33(35)47)39-32(46)29(21(4)5)40-27(42)12-17-48-16-11-26(41)20(2)3/h9-10,18,20-21,25,29H,6-8,11-17,19,34H2,1-5H3,(H,36,44)(H,38,45)(H,39,46)(H,40,42)(H3,35,37,47)/t25-,29-/m0/s1. The Morgan fingerprint density at radius 2 is 1.57 bits per heavy atom. The Labute approximate surface area is 287 Å². The quantitative estimate of drug-likeness (QED) is 0.0630. The molecule has 0 heterocycles. The summed E-state index contributed by atoms with van der Waals surface area (Å²) in [6.45, 7) is 9.33. The minimum Gasteiger partial charge on any atom is -0.461 e. The van der Waals surface area contributed by atoms with Gasteiger partial charge < -0.3 is 47.5 Å². The molecule has 0 radical (unpaired) electrons. The molecule has 274 valence electrons. The first kappa shape index (κ1) is 42.5. The van der Waals surface area contributed by atoms with Gasteiger partial charge in [0.1, 0.15) is 24.5 Å². The Morgan fingerprint density at radius 1 is 0.878 bits per heavy atom. The van der Waals surface area contributed by atoms with E-state index >= 15 is 0 Å². The fraction of sp³-hybridized carbons (Fsp3) is 0.606. The molecule has 16 heteroatoms. The monoisotopic (exact) mass is 691 g/mol. The lowest BCUT2D eigenvalue weighted by atomic mass is 10.0. The number of carbonyl (C=O) groups excluding carboxylic acids is 7. The number of carbonyl (C=O) groups is 7. The highest BCUT2D eigenvalue weighted by atomic mass is 16.5. The van der Waals surface area contributed by atoms with E-state index in [9.17, 15) is 33.6 Å². The number of Topliss-reactive ketones (excluding diaryl/α,β-unsaturated/α-hetero) is 1. The zero-order chi connectivity index (χ0) is 36.9. The molecule has 9 N–H and O–H groups in total. The van der Waals surface area contributed by atoms with Crippen LogP contribution in [0, 0.1) is 11.8 Å². The maximum absolute atomic E-state index is 13.5. The van der Waals surface area contributed by atoms with Crippen LogP contribution >= 0.6 is 0 Å². The third kappa shape index (κ3) is 16.9. The van der Waals surface area contributed by atoms with Gasteiger partial charge in [-0.2, -0.15) is 0 Å². The van der Waals surface area contributed by atoms with E-state index in [1.165, 1.54) is 18.2 Å². The van der Waals surface area contributed by atoms with Gasteiger partial charge in [0, 0.05) is 61.6 Å². The summed E-state index contributed by atoms with van der Waals surface area (Å²) in [5.41, 5.74) is 11.4. The number of nitrogens with two attached hydrogens (primary N) is 2. The minimum atomic E-state index is -1.11. The molecule has 0 aliphatic rings. The summed E-state index contributed by atoms with van der Waals surface area (Å²) < 4.78 is 10.6. The molecule has 1 aromatic rings. The van der Waals surface area contributed by atoms with Gasteiger partial charge in [0.15, 0.2) is 0 Å². The van der Waals surface area contributed by atoms with E-state index in [1.54, 1.807) is 34.6 Å². The summed E-state index contributed by atoms with van der Waals surface area (Å²) in [6.07, 6.45) is 0.724. The maximum atomic E-state index is 13.5. The first-order valence-electron chi connectivity index (χ1n) is 16.5. The van der Waals surface area contributed by atoms with Crippen molar-refractivity contribution in [3.05, 3.63) is 29.3 Å². The van der Waals surface area contributed by atoms with Gasteiger partial charge in [-0.15, -0.1) is 0 Å². The number of anilines is 1. The number of nitrogens with one attached hydrogen (secondary N) is 5. The summed E-state index contributed by atoms with van der Waals surface area (Å²) >= 11 is 0. The lowest BCUT2D eigenvalue weighted by Gasteiger charge is -2.25. The highest BCUT2D eigenvalue weighted by Gasteiger charge is 2.29. The SMILES string of the molecule is CCC(=O)OCc1ccc(NC(=O)[C@H](CCCNC(N)=O)NC(=O)[C@@H](NC(=O)CCOCCC(=O)C(C)C)C(C)C)cc1C(=O)NCCN. The fourth-order valence-electron chi connectivity index (χ4n) is 4.32. The van der Waals surface area contributed by atoms with E-state index in [-0.39, 0.29) is 100 Å². The van der Waals surface area contributed by atoms with Crippen molar-refractivity contribution in [1.29, 1.82) is 0 Å². The summed E-state index contributed by atoms with van der Waals surface area (Å²) in [7, 11) is 0. The Balaban J connectivity index is 3.08. The van der Waals surface area contributed by atoms with Crippen LogP contribution < -0.4 is 38.1 Å². The smallest absolute Gasteiger partial charge is 0.312 e. The van der Waals surface area contributed by atoms with Gasteiger partial charge in [0.25, 0.3) is 5.91 Å². The molecule has 2 atom stereocenters. The predicted octanol–water partition coefficient (Wildman–Crippen LogP) is 0.863. The van der Waals surface area contributed by atoms with Crippen LogP contribution in [0.2, 0.25) is 0 Å². The molecule has 49 heavy (non-hydrogen) atoms. The molecule has 0 aliphatic carbocycles. The van der Waals surface area contributed by atoms with E-state index in [0.717, 1.165) is 0 Å². The van der Waals surface area contributed by atoms with Gasteiger partial charge in [-0.05, 0) is 30.9 Å². The first-order chi connectivity index (χ1) is 23.2. The van der Waals surface area contributed by atoms with Crippen molar-refractivity contribution in [2.45, 2.75) is 85.4 Å². The largest absolute Gasteiger partial charge is 0.461 e. The van der Waals surface area contributed by atoms with Crippen LogP contribution in [0.25, 0.3) is 0 Å².